The first kappa shape index (κ1) is 19.5. The molecule has 0 aliphatic carbocycles. The zero-order valence-electron chi connectivity index (χ0n) is 16.5. The number of aryl methyl sites for hydroxylation is 1. The van der Waals surface area contributed by atoms with Crippen molar-refractivity contribution in [3.8, 4) is 11.5 Å². The maximum atomic E-state index is 12.7. The van der Waals surface area contributed by atoms with Crippen molar-refractivity contribution in [1.82, 2.24) is 4.90 Å². The second-order valence-electron chi connectivity index (χ2n) is 6.44. The van der Waals surface area contributed by atoms with Gasteiger partial charge in [0.15, 0.2) is 11.5 Å². The maximum absolute atomic E-state index is 12.7. The largest absolute Gasteiger partial charge is 0.490 e. The van der Waals surface area contributed by atoms with Gasteiger partial charge in [0, 0.05) is 18.8 Å². The molecule has 0 fully saturated rings. The van der Waals surface area contributed by atoms with Crippen LogP contribution >= 0.6 is 0 Å². The van der Waals surface area contributed by atoms with Crippen LogP contribution in [0.15, 0.2) is 48.2 Å². The quantitative estimate of drug-likeness (QED) is 0.743. The monoisotopic (exact) mass is 380 g/mol. The summed E-state index contributed by atoms with van der Waals surface area (Å²) in [5.74, 6) is 0.519. The highest BCUT2D eigenvalue weighted by Crippen LogP contribution is 2.34. The number of ether oxygens (including phenoxy) is 2. The van der Waals surface area contributed by atoms with E-state index in [1.54, 1.807) is 18.2 Å². The molecule has 0 saturated heterocycles. The van der Waals surface area contributed by atoms with E-state index in [4.69, 9.17) is 9.47 Å². The Labute approximate surface area is 164 Å². The van der Waals surface area contributed by atoms with Gasteiger partial charge in [0.05, 0.1) is 18.8 Å². The molecule has 1 aliphatic rings. The second-order valence-corrected chi connectivity index (χ2v) is 6.44. The topological polar surface area (TPSA) is 67.9 Å². The molecule has 0 radical (unpaired) electrons. The van der Waals surface area contributed by atoms with E-state index in [-0.39, 0.29) is 17.5 Å². The second kappa shape index (κ2) is 8.17. The molecule has 6 nitrogen and oxygen atoms in total. The zero-order chi connectivity index (χ0) is 20.3. The lowest BCUT2D eigenvalue weighted by atomic mass is 10.0. The molecule has 1 aliphatic heterocycles. The van der Waals surface area contributed by atoms with Gasteiger partial charge in [-0.3, -0.25) is 14.5 Å². The minimum absolute atomic E-state index is 0.253. The Bertz CT molecular complexity index is 932. The molecule has 6 heteroatoms. The van der Waals surface area contributed by atoms with Crippen LogP contribution in [-0.2, 0) is 9.59 Å². The van der Waals surface area contributed by atoms with Crippen molar-refractivity contribution in [2.24, 2.45) is 0 Å². The van der Waals surface area contributed by atoms with Crippen LogP contribution in [0.1, 0.15) is 25.0 Å². The average Bonchev–Trinajstić information content (AvgIpc) is 2.89. The van der Waals surface area contributed by atoms with Gasteiger partial charge < -0.3 is 14.8 Å². The number of benzene rings is 2. The van der Waals surface area contributed by atoms with E-state index in [1.165, 1.54) is 7.05 Å². The molecule has 1 N–H and O–H groups in total. The molecule has 0 unspecified atom stereocenters. The Kier molecular flexibility index (Phi) is 5.68. The lowest BCUT2D eigenvalue weighted by molar-refractivity contribution is -0.135. The first-order valence-corrected chi connectivity index (χ1v) is 9.26. The van der Waals surface area contributed by atoms with Crippen molar-refractivity contribution in [2.45, 2.75) is 20.8 Å². The van der Waals surface area contributed by atoms with Gasteiger partial charge in [-0.1, -0.05) is 29.8 Å². The fourth-order valence-electron chi connectivity index (χ4n) is 3.02. The van der Waals surface area contributed by atoms with Gasteiger partial charge in [-0.05, 0) is 38.5 Å². The number of carbonyl (C=O) groups is 2. The molecule has 28 heavy (non-hydrogen) atoms. The van der Waals surface area contributed by atoms with Gasteiger partial charge in [-0.25, -0.2) is 0 Å². The molecule has 0 saturated carbocycles. The number of hydrogen-bond donors (Lipinski definition) is 1. The number of imide groups is 1. The Morgan fingerprint density at radius 1 is 0.893 bits per heavy atom. The minimum atomic E-state index is -0.368. The summed E-state index contributed by atoms with van der Waals surface area (Å²) < 4.78 is 11.2. The SMILES string of the molecule is CCOc1ccc(NC2=C(c3ccc(C)cc3)C(=O)N(C)C2=O)cc1OCC. The van der Waals surface area contributed by atoms with Crippen LogP contribution in [0.2, 0.25) is 0 Å². The molecule has 0 aromatic heterocycles. The summed E-state index contributed by atoms with van der Waals surface area (Å²) >= 11 is 0. The van der Waals surface area contributed by atoms with Crippen LogP contribution in [0, 0.1) is 6.92 Å². The van der Waals surface area contributed by atoms with Crippen molar-refractivity contribution < 1.29 is 19.1 Å². The minimum Gasteiger partial charge on any atom is -0.490 e. The van der Waals surface area contributed by atoms with Crippen LogP contribution in [-0.4, -0.2) is 37.0 Å². The molecule has 3 rings (SSSR count). The molecule has 2 aromatic carbocycles. The smallest absolute Gasteiger partial charge is 0.277 e. The molecule has 2 amide bonds. The number of amides is 2. The normalized spacial score (nSPS) is 13.9. The van der Waals surface area contributed by atoms with Gasteiger partial charge in [0.2, 0.25) is 0 Å². The highest BCUT2D eigenvalue weighted by molar-refractivity contribution is 6.36. The fraction of sp³-hybridized carbons (Fsp3) is 0.273. The highest BCUT2D eigenvalue weighted by Gasteiger charge is 2.36. The van der Waals surface area contributed by atoms with E-state index in [0.717, 1.165) is 10.5 Å². The zero-order valence-corrected chi connectivity index (χ0v) is 16.5. The molecule has 0 bridgehead atoms. The predicted octanol–water partition coefficient (Wildman–Crippen LogP) is 3.61. The third-order valence-electron chi connectivity index (χ3n) is 4.44. The van der Waals surface area contributed by atoms with Gasteiger partial charge >= 0.3 is 0 Å². The van der Waals surface area contributed by atoms with Crippen LogP contribution < -0.4 is 14.8 Å². The fourth-order valence-corrected chi connectivity index (χ4v) is 3.02. The number of rotatable bonds is 7. The summed E-state index contributed by atoms with van der Waals surface area (Å²) in [5, 5.41) is 3.11. The lowest BCUT2D eigenvalue weighted by Gasteiger charge is -2.14. The number of hydrogen-bond acceptors (Lipinski definition) is 5. The Balaban J connectivity index is 2.02. The maximum Gasteiger partial charge on any atom is 0.277 e. The van der Waals surface area contributed by atoms with Crippen molar-refractivity contribution in [3.63, 3.8) is 0 Å². The summed E-state index contributed by atoms with van der Waals surface area (Å²) in [6, 6.07) is 12.9. The summed E-state index contributed by atoms with van der Waals surface area (Å²) in [4.78, 5) is 26.5. The highest BCUT2D eigenvalue weighted by atomic mass is 16.5. The first-order valence-electron chi connectivity index (χ1n) is 9.26. The van der Waals surface area contributed by atoms with E-state index in [9.17, 15) is 9.59 Å². The Morgan fingerprint density at radius 3 is 2.18 bits per heavy atom. The summed E-state index contributed by atoms with van der Waals surface area (Å²) in [6.07, 6.45) is 0. The molecule has 2 aromatic rings. The van der Waals surface area contributed by atoms with E-state index < -0.39 is 0 Å². The van der Waals surface area contributed by atoms with Crippen molar-refractivity contribution in [1.29, 1.82) is 0 Å². The predicted molar refractivity (Wildman–Crippen MR) is 108 cm³/mol. The van der Waals surface area contributed by atoms with Crippen molar-refractivity contribution in [3.05, 3.63) is 59.3 Å². The summed E-state index contributed by atoms with van der Waals surface area (Å²) in [7, 11) is 1.48. The molecule has 1 heterocycles. The van der Waals surface area contributed by atoms with Crippen LogP contribution in [0.3, 0.4) is 0 Å². The number of carbonyl (C=O) groups excluding carboxylic acids is 2. The van der Waals surface area contributed by atoms with E-state index in [2.05, 4.69) is 5.32 Å². The molecule has 0 atom stereocenters. The molecular weight excluding hydrogens is 356 g/mol. The number of anilines is 1. The Morgan fingerprint density at radius 2 is 1.54 bits per heavy atom. The van der Waals surface area contributed by atoms with E-state index in [0.29, 0.717) is 41.5 Å². The van der Waals surface area contributed by atoms with Crippen molar-refractivity contribution in [2.75, 3.05) is 25.6 Å². The van der Waals surface area contributed by atoms with Crippen LogP contribution in [0.5, 0.6) is 11.5 Å². The van der Waals surface area contributed by atoms with Gasteiger partial charge in [-0.2, -0.15) is 0 Å². The number of nitrogens with one attached hydrogen (secondary N) is 1. The number of likely N-dealkylation sites (N-methyl/N-ethyl adjacent to an activating group) is 1. The van der Waals surface area contributed by atoms with Crippen LogP contribution in [0.4, 0.5) is 5.69 Å². The van der Waals surface area contributed by atoms with Crippen LogP contribution in [0.25, 0.3) is 5.57 Å². The van der Waals surface area contributed by atoms with Crippen molar-refractivity contribution >= 4 is 23.1 Å². The Hall–Kier alpha value is -3.28. The molecule has 0 spiro atoms. The van der Waals surface area contributed by atoms with Gasteiger partial charge in [-0.15, -0.1) is 0 Å². The lowest BCUT2D eigenvalue weighted by Crippen LogP contribution is -2.27. The standard InChI is InChI=1S/C22H24N2O4/c1-5-27-17-12-11-16(13-18(17)28-6-2)23-20-19(21(25)24(4)22(20)26)15-9-7-14(3)8-10-15/h7-13,23H,5-6H2,1-4H3. The summed E-state index contributed by atoms with van der Waals surface area (Å²) in [5.41, 5.74) is 3.04. The van der Waals surface area contributed by atoms with Gasteiger partial charge in [0.25, 0.3) is 11.8 Å². The average molecular weight is 380 g/mol. The molecular formula is C22H24N2O4. The number of nitrogens with zero attached hydrogens (tertiary/aromatic N) is 1. The van der Waals surface area contributed by atoms with E-state index >= 15 is 0 Å². The van der Waals surface area contributed by atoms with E-state index in [1.807, 2.05) is 45.0 Å². The third kappa shape index (κ3) is 3.71. The molecule has 146 valence electrons. The summed E-state index contributed by atoms with van der Waals surface area (Å²) in [6.45, 7) is 6.77. The third-order valence-corrected chi connectivity index (χ3v) is 4.44. The van der Waals surface area contributed by atoms with Gasteiger partial charge in [0.1, 0.15) is 5.70 Å². The first-order chi connectivity index (χ1) is 13.5.